The predicted octanol–water partition coefficient (Wildman–Crippen LogP) is 5.81. The van der Waals surface area contributed by atoms with E-state index in [1.165, 1.54) is 31.7 Å². The van der Waals surface area contributed by atoms with Crippen LogP contribution in [-0.2, 0) is 6.42 Å². The molecule has 3 atom stereocenters. The third-order valence-electron chi connectivity index (χ3n) is 7.36. The molecule has 1 saturated heterocycles. The zero-order chi connectivity index (χ0) is 23.9. The molecule has 1 unspecified atom stereocenters. The summed E-state index contributed by atoms with van der Waals surface area (Å²) in [6.45, 7) is 3.59. The number of hydrogen-bond acceptors (Lipinski definition) is 3. The van der Waals surface area contributed by atoms with Crippen LogP contribution in [-0.4, -0.2) is 41.9 Å². The second-order valence-electron chi connectivity index (χ2n) is 9.86. The predicted molar refractivity (Wildman–Crippen MR) is 134 cm³/mol. The molecule has 2 aromatic carbocycles. The van der Waals surface area contributed by atoms with Gasteiger partial charge in [0.2, 0.25) is 0 Å². The van der Waals surface area contributed by atoms with Crippen LogP contribution in [0.5, 0.6) is 0 Å². The molecule has 1 saturated carbocycles. The number of carbonyl (C=O) groups is 2. The zero-order valence-corrected chi connectivity index (χ0v) is 20.1. The maximum Gasteiger partial charge on any atom is 0.319 e. The van der Waals surface area contributed by atoms with Crippen molar-refractivity contribution in [2.24, 2.45) is 5.92 Å². The molecular formula is C28H36FN3O2. The van der Waals surface area contributed by atoms with Crippen LogP contribution in [0.1, 0.15) is 67.8 Å². The van der Waals surface area contributed by atoms with Crippen LogP contribution in [0.3, 0.4) is 0 Å². The van der Waals surface area contributed by atoms with E-state index in [4.69, 9.17) is 0 Å². The van der Waals surface area contributed by atoms with E-state index in [0.717, 1.165) is 45.2 Å². The van der Waals surface area contributed by atoms with Crippen LogP contribution >= 0.6 is 0 Å². The molecule has 34 heavy (non-hydrogen) atoms. The van der Waals surface area contributed by atoms with Crippen LogP contribution in [0, 0.1) is 11.7 Å². The van der Waals surface area contributed by atoms with Gasteiger partial charge in [-0.25, -0.2) is 9.18 Å². The number of rotatable bonds is 7. The van der Waals surface area contributed by atoms with Gasteiger partial charge in [-0.2, -0.15) is 0 Å². The Bertz CT molecular complexity index is 978. The molecule has 1 aliphatic carbocycles. The van der Waals surface area contributed by atoms with E-state index in [1.807, 2.05) is 12.1 Å². The van der Waals surface area contributed by atoms with Gasteiger partial charge in [0.15, 0.2) is 5.78 Å². The van der Waals surface area contributed by atoms with E-state index in [2.05, 4.69) is 15.5 Å². The molecule has 0 aromatic heterocycles. The number of amides is 2. The Morgan fingerprint density at radius 1 is 1.00 bits per heavy atom. The minimum absolute atomic E-state index is 0.0203. The molecule has 4 rings (SSSR count). The third kappa shape index (κ3) is 6.66. The number of likely N-dealkylation sites (tertiary alicyclic amines) is 1. The highest BCUT2D eigenvalue weighted by atomic mass is 19.1. The van der Waals surface area contributed by atoms with Gasteiger partial charge in [-0.05, 0) is 81.3 Å². The van der Waals surface area contributed by atoms with Gasteiger partial charge >= 0.3 is 6.03 Å². The summed E-state index contributed by atoms with van der Waals surface area (Å²) in [4.78, 5) is 27.0. The number of nitrogens with zero attached hydrogens (tertiary/aromatic N) is 1. The third-order valence-corrected chi connectivity index (χ3v) is 7.36. The van der Waals surface area contributed by atoms with Crippen LogP contribution in [0.25, 0.3) is 0 Å². The largest absolute Gasteiger partial charge is 0.335 e. The quantitative estimate of drug-likeness (QED) is 0.508. The zero-order valence-electron chi connectivity index (χ0n) is 20.1. The van der Waals surface area contributed by atoms with Gasteiger partial charge in [-0.1, -0.05) is 43.5 Å². The molecule has 0 spiro atoms. The van der Waals surface area contributed by atoms with E-state index in [0.29, 0.717) is 23.2 Å². The Balaban J connectivity index is 1.36. The number of Topliss-reactive ketones (excluding diaryl/α,β-unsaturated/α-hetero) is 1. The van der Waals surface area contributed by atoms with Crippen molar-refractivity contribution in [1.82, 2.24) is 10.2 Å². The van der Waals surface area contributed by atoms with Gasteiger partial charge in [0, 0.05) is 29.9 Å². The monoisotopic (exact) mass is 465 g/mol. The molecule has 182 valence electrons. The first-order valence-corrected chi connectivity index (χ1v) is 12.6. The number of hydrogen-bond donors (Lipinski definition) is 2. The number of urea groups is 1. The van der Waals surface area contributed by atoms with Crippen LogP contribution < -0.4 is 10.6 Å². The van der Waals surface area contributed by atoms with Crippen molar-refractivity contribution in [3.8, 4) is 0 Å². The molecule has 2 aliphatic rings. The van der Waals surface area contributed by atoms with E-state index < -0.39 is 0 Å². The molecule has 1 aliphatic heterocycles. The highest BCUT2D eigenvalue weighted by molar-refractivity contribution is 5.96. The summed E-state index contributed by atoms with van der Waals surface area (Å²) >= 11 is 0. The van der Waals surface area contributed by atoms with Crippen molar-refractivity contribution >= 4 is 17.5 Å². The SMILES string of the molecule is CC(=O)c1cccc(NC(=O)N[C@@H]2CCCC[C@H]2CN2CCCCC2Cc2ccc(F)cc2)c1. The van der Waals surface area contributed by atoms with Crippen molar-refractivity contribution < 1.29 is 14.0 Å². The summed E-state index contributed by atoms with van der Waals surface area (Å²) in [7, 11) is 0. The summed E-state index contributed by atoms with van der Waals surface area (Å²) in [5, 5.41) is 6.13. The van der Waals surface area contributed by atoms with Crippen molar-refractivity contribution in [2.45, 2.75) is 70.4 Å². The van der Waals surface area contributed by atoms with Crippen LogP contribution in [0.4, 0.5) is 14.9 Å². The summed E-state index contributed by atoms with van der Waals surface area (Å²) in [5.41, 5.74) is 2.40. The van der Waals surface area contributed by atoms with Gasteiger partial charge in [0.25, 0.3) is 0 Å². The molecule has 6 heteroatoms. The van der Waals surface area contributed by atoms with Crippen LogP contribution in [0.15, 0.2) is 48.5 Å². The lowest BCUT2D eigenvalue weighted by molar-refractivity contribution is 0.100. The first-order valence-electron chi connectivity index (χ1n) is 12.6. The summed E-state index contributed by atoms with van der Waals surface area (Å²) < 4.78 is 13.3. The molecule has 2 amide bonds. The fourth-order valence-corrected chi connectivity index (χ4v) is 5.49. The number of halogens is 1. The summed E-state index contributed by atoms with van der Waals surface area (Å²) in [6.07, 6.45) is 8.97. The fraction of sp³-hybridized carbons (Fsp3) is 0.500. The Labute approximate surface area is 202 Å². The molecule has 0 bridgehead atoms. The van der Waals surface area contributed by atoms with Crippen molar-refractivity contribution in [1.29, 1.82) is 0 Å². The molecule has 2 fully saturated rings. The van der Waals surface area contributed by atoms with Crippen LogP contribution in [0.2, 0.25) is 0 Å². The number of anilines is 1. The highest BCUT2D eigenvalue weighted by Gasteiger charge is 2.31. The van der Waals surface area contributed by atoms with Crippen molar-refractivity contribution in [3.63, 3.8) is 0 Å². The van der Waals surface area contributed by atoms with Crippen molar-refractivity contribution in [3.05, 3.63) is 65.5 Å². The number of ketones is 1. The van der Waals surface area contributed by atoms with E-state index >= 15 is 0 Å². The fourth-order valence-electron chi connectivity index (χ4n) is 5.49. The Morgan fingerprint density at radius 2 is 1.76 bits per heavy atom. The van der Waals surface area contributed by atoms with E-state index in [9.17, 15) is 14.0 Å². The van der Waals surface area contributed by atoms with Gasteiger partial charge < -0.3 is 10.6 Å². The molecule has 1 heterocycles. The average Bonchev–Trinajstić information content (AvgIpc) is 2.83. The summed E-state index contributed by atoms with van der Waals surface area (Å²) in [6, 6.07) is 14.4. The van der Waals surface area contributed by atoms with E-state index in [-0.39, 0.29) is 23.7 Å². The highest BCUT2D eigenvalue weighted by Crippen LogP contribution is 2.29. The second-order valence-corrected chi connectivity index (χ2v) is 9.86. The Kier molecular flexibility index (Phi) is 8.33. The Morgan fingerprint density at radius 3 is 2.56 bits per heavy atom. The smallest absolute Gasteiger partial charge is 0.319 e. The first kappa shape index (κ1) is 24.4. The molecular weight excluding hydrogens is 429 g/mol. The minimum atomic E-state index is -0.209. The first-order chi connectivity index (χ1) is 16.5. The standard InChI is InChI=1S/C28H36FN3O2/c1-20(33)22-8-6-9-25(18-22)30-28(34)31-27-11-3-2-7-23(27)19-32-16-5-4-10-26(32)17-21-12-14-24(29)15-13-21/h6,8-9,12-15,18,23,26-27H,2-5,7,10-11,16-17,19H2,1H3,(H2,30,31,34)/t23-,26?,27+/m0/s1. The van der Waals surface area contributed by atoms with E-state index in [1.54, 1.807) is 36.4 Å². The normalized spacial score (nSPS) is 23.3. The van der Waals surface area contributed by atoms with Gasteiger partial charge in [0.1, 0.15) is 5.82 Å². The maximum absolute atomic E-state index is 13.3. The second kappa shape index (κ2) is 11.6. The van der Waals surface area contributed by atoms with Gasteiger partial charge in [-0.3, -0.25) is 9.69 Å². The molecule has 5 nitrogen and oxygen atoms in total. The molecule has 0 radical (unpaired) electrons. The lowest BCUT2D eigenvalue weighted by Gasteiger charge is -2.41. The van der Waals surface area contributed by atoms with Crippen molar-refractivity contribution in [2.75, 3.05) is 18.4 Å². The average molecular weight is 466 g/mol. The number of benzene rings is 2. The number of nitrogens with one attached hydrogen (secondary N) is 2. The maximum atomic E-state index is 13.3. The lowest BCUT2D eigenvalue weighted by atomic mass is 9.83. The lowest BCUT2D eigenvalue weighted by Crippen LogP contribution is -2.50. The molecule has 2 N–H and O–H groups in total. The molecule has 2 aromatic rings. The number of carbonyl (C=O) groups excluding carboxylic acids is 2. The minimum Gasteiger partial charge on any atom is -0.335 e. The Hall–Kier alpha value is -2.73. The van der Waals surface area contributed by atoms with Gasteiger partial charge in [0.05, 0.1) is 0 Å². The number of piperidine rings is 1. The topological polar surface area (TPSA) is 61.4 Å². The van der Waals surface area contributed by atoms with Gasteiger partial charge in [-0.15, -0.1) is 0 Å². The summed E-state index contributed by atoms with van der Waals surface area (Å²) in [5.74, 6) is 0.205.